The third kappa shape index (κ3) is 6.73. The molecule has 0 bridgehead atoms. The minimum Gasteiger partial charge on any atom is -0.420 e. The van der Waals surface area contributed by atoms with E-state index in [0.29, 0.717) is 55.4 Å². The van der Waals surface area contributed by atoms with E-state index in [1.165, 1.54) is 30.5 Å². The molecule has 3 N–H and O–H groups in total. The molecule has 2 aliphatic rings. The van der Waals surface area contributed by atoms with E-state index in [1.807, 2.05) is 9.80 Å². The molecule has 4 rings (SSSR count). The van der Waals surface area contributed by atoms with Gasteiger partial charge in [-0.3, -0.25) is 9.59 Å². The van der Waals surface area contributed by atoms with Gasteiger partial charge in [-0.05, 0) is 49.6 Å². The number of hydrogen-bond acceptors (Lipinski definition) is 7. The zero-order valence-electron chi connectivity index (χ0n) is 19.7. The number of likely N-dealkylation sites (tertiary alicyclic amines) is 1. The number of halogens is 3. The normalized spacial score (nSPS) is 18.8. The number of aliphatic hydroxyl groups excluding tert-OH is 1. The van der Waals surface area contributed by atoms with Crippen LogP contribution in [-0.4, -0.2) is 70.7 Å². The third-order valence-electron chi connectivity index (χ3n) is 6.24. The number of alkyl halides is 3. The average Bonchev–Trinajstić information content (AvgIpc) is 3.25. The van der Waals surface area contributed by atoms with Gasteiger partial charge in [-0.1, -0.05) is 0 Å². The van der Waals surface area contributed by atoms with Gasteiger partial charge in [0.05, 0.1) is 17.4 Å². The van der Waals surface area contributed by atoms with Gasteiger partial charge in [0.2, 0.25) is 5.91 Å². The number of nitrogens with zero attached hydrogens (tertiary/aromatic N) is 3. The summed E-state index contributed by atoms with van der Waals surface area (Å²) in [5, 5.41) is 16.2. The Morgan fingerprint density at radius 2 is 1.86 bits per heavy atom. The van der Waals surface area contributed by atoms with Crippen LogP contribution in [0.2, 0.25) is 0 Å². The topological polar surface area (TPSA) is 107 Å². The van der Waals surface area contributed by atoms with E-state index in [4.69, 9.17) is 11.6 Å². The number of benzene rings is 1. The summed E-state index contributed by atoms with van der Waals surface area (Å²) in [5.74, 6) is 0.132. The summed E-state index contributed by atoms with van der Waals surface area (Å²) in [6, 6.07) is 7.19. The second-order valence-corrected chi connectivity index (χ2v) is 9.37. The number of ether oxygens (including phenoxy) is 1. The number of amides is 2. The van der Waals surface area contributed by atoms with Gasteiger partial charge in [0, 0.05) is 62.6 Å². The van der Waals surface area contributed by atoms with Gasteiger partial charge >= 0.3 is 5.57 Å². The van der Waals surface area contributed by atoms with Gasteiger partial charge in [0.25, 0.3) is 5.91 Å². The third-order valence-corrected chi connectivity index (χ3v) is 6.31. The van der Waals surface area contributed by atoms with Crippen LogP contribution in [0.3, 0.4) is 0 Å². The number of rotatable bonds is 7. The summed E-state index contributed by atoms with van der Waals surface area (Å²) in [4.78, 5) is 32.9. The fourth-order valence-corrected chi connectivity index (χ4v) is 4.47. The number of hydrogen-bond donors (Lipinski definition) is 3. The summed E-state index contributed by atoms with van der Waals surface area (Å²) in [7, 11) is 0. The molecule has 2 saturated heterocycles. The van der Waals surface area contributed by atoms with Crippen LogP contribution >= 0.6 is 11.6 Å². The Balaban J connectivity index is 1.49. The molecule has 1 aromatic carbocycles. The van der Waals surface area contributed by atoms with E-state index in [9.17, 15) is 23.5 Å². The highest BCUT2D eigenvalue weighted by atomic mass is 35.5. The molecular weight excluding hydrogens is 496 g/mol. The first-order valence-electron chi connectivity index (χ1n) is 11.7. The van der Waals surface area contributed by atoms with E-state index in [0.717, 1.165) is 12.8 Å². The van der Waals surface area contributed by atoms with Crippen LogP contribution in [0.25, 0.3) is 0 Å². The molecule has 0 aliphatic carbocycles. The molecular formula is C24H28ClF2N5O4. The molecule has 2 aliphatic heterocycles. The number of anilines is 3. The number of nitrogens with one attached hydrogen (secondary N) is 2. The zero-order chi connectivity index (χ0) is 25.9. The number of carbonyl (C=O) groups is 2. The van der Waals surface area contributed by atoms with Crippen molar-refractivity contribution in [3.63, 3.8) is 0 Å². The maximum absolute atomic E-state index is 12.9. The van der Waals surface area contributed by atoms with Crippen LogP contribution in [0.4, 0.5) is 26.0 Å². The van der Waals surface area contributed by atoms with Crippen LogP contribution in [0.5, 0.6) is 5.75 Å². The molecule has 0 unspecified atom stereocenters. The molecule has 194 valence electrons. The maximum Gasteiger partial charge on any atom is 0.487 e. The minimum absolute atomic E-state index is 0.0523. The standard InChI is InChI=1S/C24H28ClF2N5O4/c1-15(33)31-9-6-18(7-10-31)29-21-12-16(13-28-22(21)32-11-8-19(34)14-32)23(35)30-17-2-4-20(5-3-17)36-24(25,26)27/h2-5,12-13,18-19,29,34H,6-11,14H2,1H3,(H,30,35)/t19-/m1/s1. The van der Waals surface area contributed by atoms with Crippen molar-refractivity contribution < 1.29 is 28.2 Å². The van der Waals surface area contributed by atoms with Crippen molar-refractivity contribution in [2.75, 3.05) is 41.7 Å². The van der Waals surface area contributed by atoms with Crippen LogP contribution in [0.15, 0.2) is 36.5 Å². The number of aromatic nitrogens is 1. The first-order chi connectivity index (χ1) is 17.1. The lowest BCUT2D eigenvalue weighted by Gasteiger charge is -2.33. The Kier molecular flexibility index (Phi) is 7.79. The van der Waals surface area contributed by atoms with E-state index in [1.54, 1.807) is 13.0 Å². The molecule has 2 aromatic rings. The Labute approximate surface area is 212 Å². The number of β-amino-alcohol motifs (C(OH)–C–C–N with tert-alkyl or cyclic N) is 1. The van der Waals surface area contributed by atoms with Gasteiger partial charge < -0.3 is 30.3 Å². The van der Waals surface area contributed by atoms with Crippen molar-refractivity contribution in [2.24, 2.45) is 0 Å². The second-order valence-electron chi connectivity index (χ2n) is 8.93. The highest BCUT2D eigenvalue weighted by Gasteiger charge is 2.28. The van der Waals surface area contributed by atoms with Gasteiger partial charge in [-0.2, -0.15) is 0 Å². The molecule has 1 aromatic heterocycles. The molecule has 0 spiro atoms. The van der Waals surface area contributed by atoms with Gasteiger partial charge in [-0.15, -0.1) is 8.78 Å². The lowest BCUT2D eigenvalue weighted by atomic mass is 10.0. The molecule has 1 atom stereocenters. The second kappa shape index (κ2) is 10.8. The predicted octanol–water partition coefficient (Wildman–Crippen LogP) is 3.50. The lowest BCUT2D eigenvalue weighted by Crippen LogP contribution is -2.41. The molecule has 3 heterocycles. The molecule has 36 heavy (non-hydrogen) atoms. The van der Waals surface area contributed by atoms with Crippen molar-refractivity contribution >= 4 is 40.6 Å². The number of carbonyl (C=O) groups excluding carboxylic acids is 2. The van der Waals surface area contributed by atoms with Crippen molar-refractivity contribution in [3.05, 3.63) is 42.1 Å². The largest absolute Gasteiger partial charge is 0.487 e. The molecule has 0 radical (unpaired) electrons. The van der Waals surface area contributed by atoms with E-state index < -0.39 is 17.6 Å². The summed E-state index contributed by atoms with van der Waals surface area (Å²) in [6.45, 7) is 3.95. The summed E-state index contributed by atoms with van der Waals surface area (Å²) < 4.78 is 29.9. The highest BCUT2D eigenvalue weighted by molar-refractivity contribution is 6.20. The summed E-state index contributed by atoms with van der Waals surface area (Å²) in [6.07, 6.45) is 3.18. The van der Waals surface area contributed by atoms with Crippen LogP contribution in [0, 0.1) is 0 Å². The SMILES string of the molecule is CC(=O)N1CCC(Nc2cc(C(=O)Nc3ccc(OC(F)(F)Cl)cc3)cnc2N2CC[C@@H](O)C2)CC1. The first-order valence-corrected chi connectivity index (χ1v) is 12.1. The minimum atomic E-state index is -3.82. The van der Waals surface area contributed by atoms with Gasteiger partial charge in [0.15, 0.2) is 5.82 Å². The molecule has 12 heteroatoms. The Bertz CT molecular complexity index is 1090. The van der Waals surface area contributed by atoms with E-state index in [-0.39, 0.29) is 17.7 Å². The summed E-state index contributed by atoms with van der Waals surface area (Å²) in [5.41, 5.74) is -2.47. The number of pyridine rings is 1. The van der Waals surface area contributed by atoms with Crippen molar-refractivity contribution in [1.82, 2.24) is 9.88 Å². The Morgan fingerprint density at radius 1 is 1.17 bits per heavy atom. The molecule has 0 saturated carbocycles. The maximum atomic E-state index is 12.9. The monoisotopic (exact) mass is 523 g/mol. The molecule has 9 nitrogen and oxygen atoms in total. The van der Waals surface area contributed by atoms with Gasteiger partial charge in [-0.25, -0.2) is 4.98 Å². The Hall–Kier alpha value is -3.18. The fraction of sp³-hybridized carbons (Fsp3) is 0.458. The smallest absolute Gasteiger partial charge is 0.420 e. The van der Waals surface area contributed by atoms with Crippen LogP contribution < -0.4 is 20.3 Å². The number of aliphatic hydroxyl groups is 1. The van der Waals surface area contributed by atoms with Crippen LogP contribution in [-0.2, 0) is 4.79 Å². The van der Waals surface area contributed by atoms with E-state index in [2.05, 4.69) is 20.4 Å². The van der Waals surface area contributed by atoms with Crippen LogP contribution in [0.1, 0.15) is 36.5 Å². The first kappa shape index (κ1) is 25.9. The number of piperidine rings is 1. The fourth-order valence-electron chi connectivity index (χ4n) is 4.38. The predicted molar refractivity (Wildman–Crippen MR) is 132 cm³/mol. The summed E-state index contributed by atoms with van der Waals surface area (Å²) >= 11 is 4.77. The Morgan fingerprint density at radius 3 is 2.44 bits per heavy atom. The molecule has 2 amide bonds. The average molecular weight is 524 g/mol. The zero-order valence-corrected chi connectivity index (χ0v) is 20.5. The van der Waals surface area contributed by atoms with E-state index >= 15 is 0 Å². The van der Waals surface area contributed by atoms with Crippen molar-refractivity contribution in [3.8, 4) is 5.75 Å². The molecule has 2 fully saturated rings. The van der Waals surface area contributed by atoms with Crippen molar-refractivity contribution in [2.45, 2.75) is 43.9 Å². The van der Waals surface area contributed by atoms with Crippen molar-refractivity contribution in [1.29, 1.82) is 0 Å². The highest BCUT2D eigenvalue weighted by Crippen LogP contribution is 2.30. The quantitative estimate of drug-likeness (QED) is 0.477. The van der Waals surface area contributed by atoms with Gasteiger partial charge in [0.1, 0.15) is 5.75 Å². The lowest BCUT2D eigenvalue weighted by molar-refractivity contribution is -0.129.